The molecular weight excluding hydrogens is 494 g/mol. The molecule has 3 amide bonds. The molecule has 2 aromatic carbocycles. The van der Waals surface area contributed by atoms with Crippen LogP contribution in [-0.4, -0.2) is 45.3 Å². The van der Waals surface area contributed by atoms with Crippen molar-refractivity contribution in [3.63, 3.8) is 0 Å². The standard InChI is InChI=1S/C28H28F2N4O4/c1-16-31-23-7-4-18(14-20(23)28(38)34(16)24-8-9-25(35)32-26(24)36)3-2-17-10-12-33(13-11-17)27(37)19-5-6-21(29)22(30)15-19/h4-7,14-15,17,24H,2-3,8-13H2,1H3,(H,32,35,36). The van der Waals surface area contributed by atoms with Crippen molar-refractivity contribution in [2.45, 2.75) is 51.5 Å². The zero-order valence-corrected chi connectivity index (χ0v) is 21.0. The highest BCUT2D eigenvalue weighted by Gasteiger charge is 2.30. The summed E-state index contributed by atoms with van der Waals surface area (Å²) < 4.78 is 28.1. The molecule has 5 rings (SSSR count). The molecule has 0 saturated carbocycles. The van der Waals surface area contributed by atoms with Crippen LogP contribution in [-0.2, 0) is 16.0 Å². The number of carbonyl (C=O) groups excluding carboxylic acids is 3. The number of hydrogen-bond acceptors (Lipinski definition) is 5. The smallest absolute Gasteiger partial charge is 0.262 e. The first kappa shape index (κ1) is 25.7. The van der Waals surface area contributed by atoms with E-state index in [0.29, 0.717) is 35.7 Å². The second kappa shape index (κ2) is 10.4. The van der Waals surface area contributed by atoms with Crippen molar-refractivity contribution >= 4 is 28.6 Å². The maximum absolute atomic E-state index is 13.5. The molecule has 2 fully saturated rings. The SMILES string of the molecule is Cc1nc2ccc(CCC3CCN(C(=O)c4ccc(F)c(F)c4)CC3)cc2c(=O)n1C1CCC(=O)NC1=O. The lowest BCUT2D eigenvalue weighted by atomic mass is 9.90. The van der Waals surface area contributed by atoms with E-state index in [-0.39, 0.29) is 35.8 Å². The van der Waals surface area contributed by atoms with Gasteiger partial charge in [-0.2, -0.15) is 0 Å². The number of piperidine rings is 2. The van der Waals surface area contributed by atoms with Crippen LogP contribution in [0, 0.1) is 24.5 Å². The maximum atomic E-state index is 13.5. The number of fused-ring (bicyclic) bond motifs is 1. The number of hydrogen-bond donors (Lipinski definition) is 1. The Bertz CT molecular complexity index is 1490. The summed E-state index contributed by atoms with van der Waals surface area (Å²) in [4.78, 5) is 56.2. The minimum absolute atomic E-state index is 0.144. The first-order valence-corrected chi connectivity index (χ1v) is 12.8. The van der Waals surface area contributed by atoms with Gasteiger partial charge in [0.15, 0.2) is 11.6 Å². The molecule has 0 bridgehead atoms. The van der Waals surface area contributed by atoms with Gasteiger partial charge in [-0.05, 0) is 80.8 Å². The van der Waals surface area contributed by atoms with Crippen LogP contribution >= 0.6 is 0 Å². The number of nitrogens with one attached hydrogen (secondary N) is 1. The van der Waals surface area contributed by atoms with Gasteiger partial charge in [0.25, 0.3) is 11.5 Å². The predicted octanol–water partition coefficient (Wildman–Crippen LogP) is 3.45. The number of aryl methyl sites for hydroxylation is 2. The van der Waals surface area contributed by atoms with Crippen LogP contribution in [0.15, 0.2) is 41.2 Å². The highest BCUT2D eigenvalue weighted by atomic mass is 19.2. The van der Waals surface area contributed by atoms with Crippen molar-refractivity contribution in [3.05, 3.63) is 75.3 Å². The van der Waals surface area contributed by atoms with Crippen LogP contribution < -0.4 is 10.9 Å². The zero-order chi connectivity index (χ0) is 27.0. The van der Waals surface area contributed by atoms with Crippen LogP contribution in [0.2, 0.25) is 0 Å². The summed E-state index contributed by atoms with van der Waals surface area (Å²) in [7, 11) is 0. The lowest BCUT2D eigenvalue weighted by Crippen LogP contribution is -2.45. The fourth-order valence-electron chi connectivity index (χ4n) is 5.42. The van der Waals surface area contributed by atoms with Crippen LogP contribution in [0.5, 0.6) is 0 Å². The van der Waals surface area contributed by atoms with E-state index in [4.69, 9.17) is 0 Å². The van der Waals surface area contributed by atoms with Crippen LogP contribution in [0.3, 0.4) is 0 Å². The van der Waals surface area contributed by atoms with E-state index in [0.717, 1.165) is 43.4 Å². The fourth-order valence-corrected chi connectivity index (χ4v) is 5.42. The Labute approximate surface area is 217 Å². The summed E-state index contributed by atoms with van der Waals surface area (Å²) in [5.41, 5.74) is 1.39. The van der Waals surface area contributed by atoms with Gasteiger partial charge in [-0.1, -0.05) is 6.07 Å². The summed E-state index contributed by atoms with van der Waals surface area (Å²) >= 11 is 0. The third-order valence-corrected chi connectivity index (χ3v) is 7.57. The topological polar surface area (TPSA) is 101 Å². The summed E-state index contributed by atoms with van der Waals surface area (Å²) in [6.45, 7) is 2.77. The maximum Gasteiger partial charge on any atom is 0.262 e. The van der Waals surface area contributed by atoms with E-state index < -0.39 is 23.6 Å². The fraction of sp³-hybridized carbons (Fsp3) is 0.393. The molecule has 0 spiro atoms. The van der Waals surface area contributed by atoms with Crippen molar-refractivity contribution in [1.82, 2.24) is 19.8 Å². The van der Waals surface area contributed by atoms with Crippen LogP contribution in [0.25, 0.3) is 10.9 Å². The highest BCUT2D eigenvalue weighted by molar-refractivity contribution is 5.99. The Morgan fingerprint density at radius 3 is 2.50 bits per heavy atom. The Morgan fingerprint density at radius 1 is 1.03 bits per heavy atom. The second-order valence-electron chi connectivity index (χ2n) is 10.1. The van der Waals surface area contributed by atoms with Crippen molar-refractivity contribution in [1.29, 1.82) is 0 Å². The second-order valence-corrected chi connectivity index (χ2v) is 10.1. The number of nitrogens with zero attached hydrogens (tertiary/aromatic N) is 3. The molecule has 0 aliphatic carbocycles. The lowest BCUT2D eigenvalue weighted by molar-refractivity contribution is -0.135. The Hall–Kier alpha value is -3.95. The monoisotopic (exact) mass is 522 g/mol. The van der Waals surface area contributed by atoms with E-state index in [9.17, 15) is 28.0 Å². The molecule has 8 nitrogen and oxygen atoms in total. The number of benzene rings is 2. The van der Waals surface area contributed by atoms with Gasteiger partial charge >= 0.3 is 0 Å². The third kappa shape index (κ3) is 5.07. The molecule has 1 aromatic heterocycles. The Balaban J connectivity index is 1.24. The van der Waals surface area contributed by atoms with Crippen molar-refractivity contribution in [3.8, 4) is 0 Å². The van der Waals surface area contributed by atoms with E-state index in [2.05, 4.69) is 10.3 Å². The van der Waals surface area contributed by atoms with Gasteiger partial charge in [-0.15, -0.1) is 0 Å². The minimum Gasteiger partial charge on any atom is -0.339 e. The molecule has 38 heavy (non-hydrogen) atoms. The molecule has 2 aliphatic heterocycles. The molecule has 3 aromatic rings. The molecule has 198 valence electrons. The van der Waals surface area contributed by atoms with Gasteiger partial charge in [-0.3, -0.25) is 29.1 Å². The van der Waals surface area contributed by atoms with E-state index in [1.807, 2.05) is 18.2 Å². The molecule has 1 unspecified atom stereocenters. The molecular formula is C28H28F2N4O4. The van der Waals surface area contributed by atoms with E-state index in [1.54, 1.807) is 11.8 Å². The summed E-state index contributed by atoms with van der Waals surface area (Å²) in [5.74, 6) is -2.33. The third-order valence-electron chi connectivity index (χ3n) is 7.57. The Kier molecular flexibility index (Phi) is 7.05. The van der Waals surface area contributed by atoms with Crippen molar-refractivity contribution in [2.75, 3.05) is 13.1 Å². The first-order valence-electron chi connectivity index (χ1n) is 12.8. The van der Waals surface area contributed by atoms with Gasteiger partial charge in [0.2, 0.25) is 11.8 Å². The summed E-state index contributed by atoms with van der Waals surface area (Å²) in [6.07, 6.45) is 3.64. The number of likely N-dealkylation sites (tertiary alicyclic amines) is 1. The highest BCUT2D eigenvalue weighted by Crippen LogP contribution is 2.25. The lowest BCUT2D eigenvalue weighted by Gasteiger charge is -2.32. The number of rotatable bonds is 5. The van der Waals surface area contributed by atoms with Gasteiger partial charge < -0.3 is 4.90 Å². The molecule has 2 saturated heterocycles. The molecule has 2 aliphatic rings. The van der Waals surface area contributed by atoms with Crippen LogP contribution in [0.1, 0.15) is 59.9 Å². The average Bonchev–Trinajstić information content (AvgIpc) is 2.90. The minimum atomic E-state index is -1.03. The molecule has 1 N–H and O–H groups in total. The number of halogens is 2. The number of imide groups is 1. The number of aromatic nitrogens is 2. The normalized spacial score (nSPS) is 18.6. The van der Waals surface area contributed by atoms with E-state index in [1.165, 1.54) is 10.6 Å². The quantitative estimate of drug-likeness (QED) is 0.518. The molecule has 0 radical (unpaired) electrons. The van der Waals surface area contributed by atoms with E-state index >= 15 is 0 Å². The molecule has 1 atom stereocenters. The molecule has 10 heteroatoms. The van der Waals surface area contributed by atoms with Gasteiger partial charge in [0.05, 0.1) is 10.9 Å². The van der Waals surface area contributed by atoms with Crippen molar-refractivity contribution in [2.24, 2.45) is 5.92 Å². The van der Waals surface area contributed by atoms with Gasteiger partial charge in [0.1, 0.15) is 11.9 Å². The number of carbonyl (C=O) groups is 3. The summed E-state index contributed by atoms with van der Waals surface area (Å²) in [5, 5.41) is 2.74. The van der Waals surface area contributed by atoms with Gasteiger partial charge in [0, 0.05) is 25.1 Å². The van der Waals surface area contributed by atoms with Crippen molar-refractivity contribution < 1.29 is 23.2 Å². The average molecular weight is 523 g/mol. The Morgan fingerprint density at radius 2 is 1.79 bits per heavy atom. The zero-order valence-electron chi connectivity index (χ0n) is 21.0. The predicted molar refractivity (Wildman–Crippen MR) is 135 cm³/mol. The van der Waals surface area contributed by atoms with Crippen LogP contribution in [0.4, 0.5) is 8.78 Å². The largest absolute Gasteiger partial charge is 0.339 e. The first-order chi connectivity index (χ1) is 18.2. The summed E-state index contributed by atoms with van der Waals surface area (Å²) in [6, 6.07) is 8.04. The van der Waals surface area contributed by atoms with Gasteiger partial charge in [-0.25, -0.2) is 13.8 Å². The molecule has 3 heterocycles. The number of amides is 3.